The molecule has 18 heavy (non-hydrogen) atoms. The molecule has 0 N–H and O–H groups in total. The molecule has 1 aromatic rings. The van der Waals surface area contributed by atoms with E-state index in [1.54, 1.807) is 6.07 Å². The summed E-state index contributed by atoms with van der Waals surface area (Å²) in [6.45, 7) is 0.250. The third-order valence-corrected chi connectivity index (χ3v) is 2.67. The number of rotatable bonds is 1. The Morgan fingerprint density at radius 2 is 2.17 bits per heavy atom. The van der Waals surface area contributed by atoms with Crippen LogP contribution in [0.2, 0.25) is 5.02 Å². The zero-order valence-corrected chi connectivity index (χ0v) is 9.88. The molecule has 0 fully saturated rings. The maximum Gasteiger partial charge on any atom is 0.397 e. The van der Waals surface area contributed by atoms with Gasteiger partial charge in [-0.1, -0.05) is 11.6 Å². The minimum absolute atomic E-state index is 0.0856. The maximum atomic E-state index is 12.2. The third kappa shape index (κ3) is 2.87. The van der Waals surface area contributed by atoms with Crippen LogP contribution < -0.4 is 9.64 Å². The first-order chi connectivity index (χ1) is 8.37. The van der Waals surface area contributed by atoms with Gasteiger partial charge in [-0.05, 0) is 18.2 Å². The van der Waals surface area contributed by atoms with Crippen molar-refractivity contribution in [1.82, 2.24) is 0 Å². The molecule has 0 bridgehead atoms. The second-order valence-corrected chi connectivity index (χ2v) is 4.23. The lowest BCUT2D eigenvalue weighted by Crippen LogP contribution is -2.39. The maximum absolute atomic E-state index is 12.2. The number of alkyl halides is 3. The second-order valence-electron chi connectivity index (χ2n) is 3.80. The molecule has 0 spiro atoms. The fourth-order valence-corrected chi connectivity index (χ4v) is 1.88. The lowest BCUT2D eigenvalue weighted by molar-refractivity contribution is -0.152. The Balaban J connectivity index is 2.27. The Morgan fingerprint density at radius 3 is 2.83 bits per heavy atom. The Labute approximate surface area is 106 Å². The van der Waals surface area contributed by atoms with Crippen LogP contribution in [0.3, 0.4) is 0 Å². The molecule has 0 aromatic heterocycles. The van der Waals surface area contributed by atoms with Gasteiger partial charge in [-0.3, -0.25) is 4.79 Å². The number of halogens is 4. The van der Waals surface area contributed by atoms with Gasteiger partial charge in [-0.15, -0.1) is 0 Å². The Bertz CT molecular complexity index is 476. The molecule has 3 nitrogen and oxygen atoms in total. The molecule has 0 saturated heterocycles. The Morgan fingerprint density at radius 1 is 1.44 bits per heavy atom. The van der Waals surface area contributed by atoms with Crippen molar-refractivity contribution in [2.24, 2.45) is 0 Å². The summed E-state index contributed by atoms with van der Waals surface area (Å²) in [6, 6.07) is 4.51. The number of carbonyl (C=O) groups excluding carboxylic acids is 1. The lowest BCUT2D eigenvalue weighted by atomic mass is 10.2. The molecule has 0 saturated carbocycles. The van der Waals surface area contributed by atoms with Gasteiger partial charge in [0, 0.05) is 5.02 Å². The van der Waals surface area contributed by atoms with Gasteiger partial charge in [-0.2, -0.15) is 13.2 Å². The summed E-state index contributed by atoms with van der Waals surface area (Å²) in [6.07, 6.45) is -6.01. The van der Waals surface area contributed by atoms with E-state index in [-0.39, 0.29) is 18.8 Å². The van der Waals surface area contributed by atoms with Crippen molar-refractivity contribution in [3.63, 3.8) is 0 Å². The quantitative estimate of drug-likeness (QED) is 0.791. The number of amides is 1. The molecular formula is C11H9ClF3NO2. The molecule has 1 heterocycles. The minimum atomic E-state index is -4.52. The zero-order chi connectivity index (χ0) is 13.3. The highest BCUT2D eigenvalue weighted by Gasteiger charge is 2.35. The van der Waals surface area contributed by atoms with Crippen molar-refractivity contribution in [3.8, 4) is 5.75 Å². The van der Waals surface area contributed by atoms with Crippen LogP contribution in [0.25, 0.3) is 0 Å². The summed E-state index contributed by atoms with van der Waals surface area (Å²) in [7, 11) is 0. The highest BCUT2D eigenvalue weighted by molar-refractivity contribution is 6.31. The van der Waals surface area contributed by atoms with Crippen molar-refractivity contribution >= 4 is 23.2 Å². The van der Waals surface area contributed by atoms with E-state index in [1.807, 2.05) is 0 Å². The first-order valence-electron chi connectivity index (χ1n) is 5.16. The Kier molecular flexibility index (Phi) is 3.38. The average molecular weight is 280 g/mol. The van der Waals surface area contributed by atoms with Gasteiger partial charge in [0.25, 0.3) is 0 Å². The number of fused-ring (bicyclic) bond motifs is 1. The van der Waals surface area contributed by atoms with Crippen LogP contribution in [0.1, 0.15) is 6.42 Å². The fourth-order valence-electron chi connectivity index (χ4n) is 1.72. The number of hydrogen-bond acceptors (Lipinski definition) is 2. The summed E-state index contributed by atoms with van der Waals surface area (Å²) in [4.78, 5) is 12.6. The topological polar surface area (TPSA) is 29.5 Å². The number of nitrogens with zero attached hydrogens (tertiary/aromatic N) is 1. The number of benzene rings is 1. The zero-order valence-electron chi connectivity index (χ0n) is 9.13. The van der Waals surface area contributed by atoms with Gasteiger partial charge in [0.1, 0.15) is 18.8 Å². The van der Waals surface area contributed by atoms with Crippen LogP contribution in [0.5, 0.6) is 5.75 Å². The van der Waals surface area contributed by atoms with Gasteiger partial charge < -0.3 is 9.64 Å². The van der Waals surface area contributed by atoms with E-state index in [2.05, 4.69) is 0 Å². The van der Waals surface area contributed by atoms with E-state index in [0.717, 1.165) is 4.90 Å². The van der Waals surface area contributed by atoms with Crippen molar-refractivity contribution in [1.29, 1.82) is 0 Å². The SMILES string of the molecule is O=C(CC(F)(F)F)N1CCOc2ccc(Cl)cc21. The van der Waals surface area contributed by atoms with Gasteiger partial charge >= 0.3 is 6.18 Å². The largest absolute Gasteiger partial charge is 0.490 e. The molecule has 0 atom stereocenters. The van der Waals surface area contributed by atoms with E-state index in [9.17, 15) is 18.0 Å². The van der Waals surface area contributed by atoms with Gasteiger partial charge in [0.05, 0.1) is 12.2 Å². The number of carbonyl (C=O) groups is 1. The lowest BCUT2D eigenvalue weighted by Gasteiger charge is -2.30. The van der Waals surface area contributed by atoms with E-state index >= 15 is 0 Å². The van der Waals surface area contributed by atoms with Crippen LogP contribution in [-0.2, 0) is 4.79 Å². The van der Waals surface area contributed by atoms with Crippen LogP contribution >= 0.6 is 11.6 Å². The molecular weight excluding hydrogens is 271 g/mol. The van der Waals surface area contributed by atoms with E-state index < -0.39 is 18.5 Å². The number of hydrogen-bond donors (Lipinski definition) is 0. The van der Waals surface area contributed by atoms with Crippen LogP contribution in [0.4, 0.5) is 18.9 Å². The number of anilines is 1. The molecule has 1 amide bonds. The summed E-state index contributed by atoms with van der Waals surface area (Å²) >= 11 is 5.76. The first kappa shape index (κ1) is 13.0. The molecule has 2 rings (SSSR count). The van der Waals surface area contributed by atoms with E-state index in [0.29, 0.717) is 10.8 Å². The van der Waals surface area contributed by atoms with Crippen molar-refractivity contribution < 1.29 is 22.7 Å². The van der Waals surface area contributed by atoms with Crippen molar-refractivity contribution in [2.45, 2.75) is 12.6 Å². The highest BCUT2D eigenvalue weighted by Crippen LogP contribution is 2.35. The minimum Gasteiger partial charge on any atom is -0.490 e. The van der Waals surface area contributed by atoms with Gasteiger partial charge in [0.15, 0.2) is 0 Å². The predicted octanol–water partition coefficient (Wildman–Crippen LogP) is 3.02. The summed E-state index contributed by atoms with van der Waals surface area (Å²) in [5.74, 6) is -0.643. The second kappa shape index (κ2) is 4.68. The fraction of sp³-hybridized carbons (Fsp3) is 0.364. The Hall–Kier alpha value is -1.43. The van der Waals surface area contributed by atoms with Crippen LogP contribution in [0, 0.1) is 0 Å². The molecule has 0 radical (unpaired) electrons. The highest BCUT2D eigenvalue weighted by atomic mass is 35.5. The predicted molar refractivity (Wildman–Crippen MR) is 60.0 cm³/mol. The summed E-state index contributed by atoms with van der Waals surface area (Å²) < 4.78 is 41.9. The average Bonchev–Trinajstić information content (AvgIpc) is 2.25. The standard InChI is InChI=1S/C11H9ClF3NO2/c12-7-1-2-9-8(5-7)16(3-4-18-9)10(17)6-11(13,14)15/h1-2,5H,3-4,6H2. The molecule has 7 heteroatoms. The van der Waals surface area contributed by atoms with Crippen LogP contribution in [-0.4, -0.2) is 25.2 Å². The number of ether oxygens (including phenoxy) is 1. The molecule has 0 aliphatic carbocycles. The third-order valence-electron chi connectivity index (χ3n) is 2.44. The summed E-state index contributed by atoms with van der Waals surface area (Å²) in [5.41, 5.74) is 0.281. The molecule has 1 aliphatic heterocycles. The van der Waals surface area contributed by atoms with Gasteiger partial charge in [-0.25, -0.2) is 0 Å². The molecule has 1 aliphatic rings. The summed E-state index contributed by atoms with van der Waals surface area (Å²) in [5, 5.41) is 0.337. The van der Waals surface area contributed by atoms with E-state index in [1.165, 1.54) is 12.1 Å². The smallest absolute Gasteiger partial charge is 0.397 e. The molecule has 1 aromatic carbocycles. The van der Waals surface area contributed by atoms with Crippen molar-refractivity contribution in [3.05, 3.63) is 23.2 Å². The van der Waals surface area contributed by atoms with Gasteiger partial charge in [0.2, 0.25) is 5.91 Å². The van der Waals surface area contributed by atoms with E-state index in [4.69, 9.17) is 16.3 Å². The molecule has 98 valence electrons. The van der Waals surface area contributed by atoms with Crippen LogP contribution in [0.15, 0.2) is 18.2 Å². The monoisotopic (exact) mass is 279 g/mol. The normalized spacial score (nSPS) is 15.0. The first-order valence-corrected chi connectivity index (χ1v) is 5.54. The van der Waals surface area contributed by atoms with Crippen molar-refractivity contribution in [2.75, 3.05) is 18.1 Å². The molecule has 0 unspecified atom stereocenters.